The van der Waals surface area contributed by atoms with Gasteiger partial charge in [0, 0.05) is 10.7 Å². The Balaban J connectivity index is 1.92. The predicted octanol–water partition coefficient (Wildman–Crippen LogP) is 4.53. The van der Waals surface area contributed by atoms with Crippen molar-refractivity contribution in [2.75, 3.05) is 5.32 Å². The lowest BCUT2D eigenvalue weighted by atomic mass is 10.2. The Morgan fingerprint density at radius 1 is 1.11 bits per heavy atom. The van der Waals surface area contributed by atoms with Gasteiger partial charge >= 0.3 is 0 Å². The molecule has 0 aliphatic heterocycles. The number of aryl methyl sites for hydroxylation is 1. The number of anilines is 2. The summed E-state index contributed by atoms with van der Waals surface area (Å²) >= 11 is 5.83. The van der Waals surface area contributed by atoms with E-state index in [0.717, 1.165) is 22.4 Å². The first kappa shape index (κ1) is 11.1. The van der Waals surface area contributed by atoms with Crippen LogP contribution in [-0.4, -0.2) is 4.98 Å². The number of aromatic nitrogens is 1. The van der Waals surface area contributed by atoms with Gasteiger partial charge in [-0.3, -0.25) is 0 Å². The molecule has 1 N–H and O–H groups in total. The van der Waals surface area contributed by atoms with Crippen LogP contribution in [0.1, 0.15) is 5.56 Å². The lowest BCUT2D eigenvalue weighted by Crippen LogP contribution is -1.88. The van der Waals surface area contributed by atoms with Crippen molar-refractivity contribution in [2.24, 2.45) is 0 Å². The molecule has 90 valence electrons. The molecule has 0 atom stereocenters. The molecule has 0 spiro atoms. The monoisotopic (exact) mass is 258 g/mol. The maximum atomic E-state index is 5.83. The topological polar surface area (TPSA) is 38.1 Å². The van der Waals surface area contributed by atoms with Gasteiger partial charge in [0.15, 0.2) is 5.58 Å². The summed E-state index contributed by atoms with van der Waals surface area (Å²) in [5, 5.41) is 3.81. The molecular formula is C14H11ClN2O. The van der Waals surface area contributed by atoms with E-state index in [-0.39, 0.29) is 0 Å². The second kappa shape index (κ2) is 4.35. The third-order valence-electron chi connectivity index (χ3n) is 2.64. The molecule has 18 heavy (non-hydrogen) atoms. The van der Waals surface area contributed by atoms with Gasteiger partial charge in [-0.2, -0.15) is 4.98 Å². The molecule has 2 aromatic carbocycles. The summed E-state index contributed by atoms with van der Waals surface area (Å²) in [5.74, 6) is 0. The van der Waals surface area contributed by atoms with Crippen LogP contribution in [0.25, 0.3) is 11.1 Å². The maximum Gasteiger partial charge on any atom is 0.300 e. The van der Waals surface area contributed by atoms with Crippen LogP contribution in [0.15, 0.2) is 46.9 Å². The Bertz CT molecular complexity index is 689. The van der Waals surface area contributed by atoms with Crippen molar-refractivity contribution in [3.63, 3.8) is 0 Å². The number of halogens is 1. The van der Waals surface area contributed by atoms with Crippen molar-refractivity contribution in [3.05, 3.63) is 53.1 Å². The van der Waals surface area contributed by atoms with Gasteiger partial charge in [0.1, 0.15) is 5.52 Å². The molecule has 0 bridgehead atoms. The molecule has 3 aromatic rings. The van der Waals surface area contributed by atoms with Gasteiger partial charge in [-0.15, -0.1) is 0 Å². The van der Waals surface area contributed by atoms with E-state index in [1.165, 1.54) is 0 Å². The maximum absolute atomic E-state index is 5.83. The highest BCUT2D eigenvalue weighted by atomic mass is 35.5. The zero-order valence-electron chi connectivity index (χ0n) is 9.77. The third-order valence-corrected chi connectivity index (χ3v) is 2.89. The van der Waals surface area contributed by atoms with Crippen LogP contribution in [0.2, 0.25) is 5.02 Å². The minimum atomic E-state index is 0.484. The molecule has 0 saturated heterocycles. The lowest BCUT2D eigenvalue weighted by Gasteiger charge is -2.00. The zero-order chi connectivity index (χ0) is 12.5. The third kappa shape index (κ3) is 2.17. The highest BCUT2D eigenvalue weighted by Gasteiger charge is 2.05. The Morgan fingerprint density at radius 2 is 1.89 bits per heavy atom. The van der Waals surface area contributed by atoms with E-state index in [0.29, 0.717) is 11.0 Å². The zero-order valence-corrected chi connectivity index (χ0v) is 10.5. The van der Waals surface area contributed by atoms with Crippen LogP contribution in [0, 0.1) is 6.92 Å². The number of hydrogen-bond donors (Lipinski definition) is 1. The Hall–Kier alpha value is -2.00. The largest absolute Gasteiger partial charge is 0.423 e. The fourth-order valence-electron chi connectivity index (χ4n) is 1.75. The van der Waals surface area contributed by atoms with E-state index in [1.54, 1.807) is 0 Å². The molecule has 3 nitrogen and oxygen atoms in total. The second-order valence-corrected chi connectivity index (χ2v) is 4.56. The van der Waals surface area contributed by atoms with Crippen molar-refractivity contribution in [1.29, 1.82) is 0 Å². The van der Waals surface area contributed by atoms with Crippen LogP contribution in [0.3, 0.4) is 0 Å². The quantitative estimate of drug-likeness (QED) is 0.734. The normalized spacial score (nSPS) is 10.8. The first-order valence-corrected chi connectivity index (χ1v) is 5.98. The fourth-order valence-corrected chi connectivity index (χ4v) is 1.87. The smallest absolute Gasteiger partial charge is 0.300 e. The van der Waals surface area contributed by atoms with Crippen molar-refractivity contribution in [2.45, 2.75) is 6.92 Å². The lowest BCUT2D eigenvalue weighted by molar-refractivity contribution is 0.623. The van der Waals surface area contributed by atoms with Crippen molar-refractivity contribution in [1.82, 2.24) is 4.98 Å². The molecule has 0 aliphatic rings. The average molecular weight is 259 g/mol. The van der Waals surface area contributed by atoms with Gasteiger partial charge in [0.05, 0.1) is 0 Å². The minimum absolute atomic E-state index is 0.484. The Morgan fingerprint density at radius 3 is 2.67 bits per heavy atom. The SMILES string of the molecule is Cc1ccc2oc(Nc3ccc(Cl)cc3)nc2c1. The summed E-state index contributed by atoms with van der Waals surface area (Å²) < 4.78 is 5.60. The fraction of sp³-hybridized carbons (Fsp3) is 0.0714. The summed E-state index contributed by atoms with van der Waals surface area (Å²) in [7, 11) is 0. The molecule has 0 radical (unpaired) electrons. The van der Waals surface area contributed by atoms with Gasteiger partial charge in [0.2, 0.25) is 0 Å². The molecule has 0 amide bonds. The summed E-state index contributed by atoms with van der Waals surface area (Å²) in [6.45, 7) is 2.03. The molecule has 1 heterocycles. The van der Waals surface area contributed by atoms with Crippen LogP contribution >= 0.6 is 11.6 Å². The molecule has 0 fully saturated rings. The van der Waals surface area contributed by atoms with Gasteiger partial charge in [0.25, 0.3) is 6.01 Å². The van der Waals surface area contributed by atoms with Crippen molar-refractivity contribution in [3.8, 4) is 0 Å². The van der Waals surface area contributed by atoms with Crippen LogP contribution in [0.4, 0.5) is 11.7 Å². The molecule has 1 aromatic heterocycles. The second-order valence-electron chi connectivity index (χ2n) is 4.12. The molecule has 0 saturated carbocycles. The number of benzene rings is 2. The van der Waals surface area contributed by atoms with Gasteiger partial charge < -0.3 is 9.73 Å². The van der Waals surface area contributed by atoms with Crippen molar-refractivity contribution < 1.29 is 4.42 Å². The van der Waals surface area contributed by atoms with E-state index in [9.17, 15) is 0 Å². The molecule has 3 rings (SSSR count). The summed E-state index contributed by atoms with van der Waals surface area (Å²) in [6, 6.07) is 13.8. The van der Waals surface area contributed by atoms with Crippen molar-refractivity contribution >= 4 is 34.4 Å². The van der Waals surface area contributed by atoms with E-state index in [2.05, 4.69) is 10.3 Å². The van der Waals surface area contributed by atoms with E-state index in [4.69, 9.17) is 16.0 Å². The van der Waals surface area contributed by atoms with Crippen LogP contribution in [0.5, 0.6) is 0 Å². The summed E-state index contributed by atoms with van der Waals surface area (Å²) in [5.41, 5.74) is 3.68. The average Bonchev–Trinajstić information content (AvgIpc) is 2.73. The molecule has 0 unspecified atom stereocenters. The van der Waals surface area contributed by atoms with Gasteiger partial charge in [-0.25, -0.2) is 0 Å². The Labute approximate surface area is 109 Å². The van der Waals surface area contributed by atoms with Crippen LogP contribution in [-0.2, 0) is 0 Å². The first-order valence-electron chi connectivity index (χ1n) is 5.60. The number of oxazole rings is 1. The standard InChI is InChI=1S/C14H11ClN2O/c1-9-2-7-13-12(8-9)17-14(18-13)16-11-5-3-10(15)4-6-11/h2-8H,1H3,(H,16,17). The number of rotatable bonds is 2. The highest BCUT2D eigenvalue weighted by Crippen LogP contribution is 2.23. The Kier molecular flexibility index (Phi) is 2.68. The number of fused-ring (bicyclic) bond motifs is 1. The first-order chi connectivity index (χ1) is 8.70. The molecular weight excluding hydrogens is 248 g/mol. The van der Waals surface area contributed by atoms with Crippen LogP contribution < -0.4 is 5.32 Å². The molecule has 0 aliphatic carbocycles. The predicted molar refractivity (Wildman–Crippen MR) is 73.5 cm³/mol. The summed E-state index contributed by atoms with van der Waals surface area (Å²) in [4.78, 5) is 4.38. The summed E-state index contributed by atoms with van der Waals surface area (Å²) in [6.07, 6.45) is 0. The van der Waals surface area contributed by atoms with E-state index in [1.807, 2.05) is 49.4 Å². The highest BCUT2D eigenvalue weighted by molar-refractivity contribution is 6.30. The number of nitrogens with zero attached hydrogens (tertiary/aromatic N) is 1. The van der Waals surface area contributed by atoms with E-state index >= 15 is 0 Å². The van der Waals surface area contributed by atoms with E-state index < -0.39 is 0 Å². The number of nitrogens with one attached hydrogen (secondary N) is 1. The molecule has 4 heteroatoms. The number of hydrogen-bond acceptors (Lipinski definition) is 3. The van der Waals surface area contributed by atoms with Gasteiger partial charge in [-0.1, -0.05) is 17.7 Å². The van der Waals surface area contributed by atoms with Gasteiger partial charge in [-0.05, 0) is 48.9 Å². The minimum Gasteiger partial charge on any atom is -0.423 e.